The number of hydrogen-bond acceptors (Lipinski definition) is 6. The normalized spacial score (nSPS) is 14.7. The van der Waals surface area contributed by atoms with Gasteiger partial charge in [-0.2, -0.15) is 0 Å². The van der Waals surface area contributed by atoms with Crippen LogP contribution in [0, 0.1) is 0 Å². The number of nitrogens with zero attached hydrogens (tertiary/aromatic N) is 2. The zero-order valence-electron chi connectivity index (χ0n) is 14.7. The zero-order valence-corrected chi connectivity index (χ0v) is 14.7. The molecule has 2 atom stereocenters. The van der Waals surface area contributed by atoms with E-state index in [-0.39, 0.29) is 6.10 Å². The molecular weight excluding hydrogens is 278 g/mol. The number of hydrogen-bond donors (Lipinski definition) is 4. The van der Waals surface area contributed by atoms with Gasteiger partial charge in [0.05, 0.1) is 6.10 Å². The number of nitrogens with two attached hydrogens (primary N) is 3. The Balaban J connectivity index is 4.27. The van der Waals surface area contributed by atoms with E-state index in [4.69, 9.17) is 17.2 Å². The van der Waals surface area contributed by atoms with E-state index >= 15 is 0 Å². The van der Waals surface area contributed by atoms with Crippen LogP contribution in [-0.2, 0) is 0 Å². The molecule has 0 radical (unpaired) electrons. The Morgan fingerprint density at radius 1 is 0.864 bits per heavy atom. The van der Waals surface area contributed by atoms with Crippen molar-refractivity contribution in [2.24, 2.45) is 17.2 Å². The van der Waals surface area contributed by atoms with E-state index < -0.39 is 0 Å². The van der Waals surface area contributed by atoms with Crippen molar-refractivity contribution in [3.63, 3.8) is 0 Å². The van der Waals surface area contributed by atoms with E-state index in [9.17, 15) is 5.11 Å². The largest absolute Gasteiger partial charge is 0.392 e. The Morgan fingerprint density at radius 2 is 1.45 bits per heavy atom. The molecule has 0 bridgehead atoms. The van der Waals surface area contributed by atoms with Gasteiger partial charge in [-0.05, 0) is 32.2 Å². The highest BCUT2D eigenvalue weighted by atomic mass is 16.3. The third kappa shape index (κ3) is 9.71. The van der Waals surface area contributed by atoms with Gasteiger partial charge in [0.1, 0.15) is 0 Å². The second kappa shape index (κ2) is 14.4. The summed E-state index contributed by atoms with van der Waals surface area (Å²) in [5.74, 6) is 0. The standard InChI is InChI=1S/C16H39N5O/c1-3-15(21(12-8-18)13-9-19)6-5-10-20(11-7-17)14-16(22)4-2/h15-16,22H,3-14,17-19H2,1-2H3. The summed E-state index contributed by atoms with van der Waals surface area (Å²) in [4.78, 5) is 4.69. The molecule has 0 aromatic rings. The average Bonchev–Trinajstić information content (AvgIpc) is 2.51. The lowest BCUT2D eigenvalue weighted by atomic mass is 10.1. The monoisotopic (exact) mass is 317 g/mol. The topological polar surface area (TPSA) is 105 Å². The average molecular weight is 318 g/mol. The molecule has 134 valence electrons. The summed E-state index contributed by atoms with van der Waals surface area (Å²) in [7, 11) is 0. The Kier molecular flexibility index (Phi) is 14.2. The fourth-order valence-corrected chi connectivity index (χ4v) is 2.91. The third-order valence-electron chi connectivity index (χ3n) is 4.22. The van der Waals surface area contributed by atoms with Crippen molar-refractivity contribution in [1.82, 2.24) is 9.80 Å². The summed E-state index contributed by atoms with van der Waals surface area (Å²) in [5.41, 5.74) is 17.1. The van der Waals surface area contributed by atoms with Crippen LogP contribution in [0.15, 0.2) is 0 Å². The minimum absolute atomic E-state index is 0.250. The predicted octanol–water partition coefficient (Wildman–Crippen LogP) is -0.204. The van der Waals surface area contributed by atoms with Crippen LogP contribution in [0.1, 0.15) is 39.5 Å². The summed E-state index contributed by atoms with van der Waals surface area (Å²) < 4.78 is 0. The highest BCUT2D eigenvalue weighted by Crippen LogP contribution is 2.11. The molecule has 0 heterocycles. The van der Waals surface area contributed by atoms with Crippen molar-refractivity contribution in [2.45, 2.75) is 51.7 Å². The maximum absolute atomic E-state index is 9.82. The van der Waals surface area contributed by atoms with Crippen LogP contribution in [0.2, 0.25) is 0 Å². The van der Waals surface area contributed by atoms with E-state index in [2.05, 4.69) is 16.7 Å². The van der Waals surface area contributed by atoms with Gasteiger partial charge >= 0.3 is 0 Å². The number of rotatable bonds is 15. The first-order valence-corrected chi connectivity index (χ1v) is 8.87. The molecule has 0 saturated heterocycles. The lowest BCUT2D eigenvalue weighted by Gasteiger charge is -2.31. The summed E-state index contributed by atoms with van der Waals surface area (Å²) in [6.07, 6.45) is 3.91. The molecule has 22 heavy (non-hydrogen) atoms. The molecule has 0 aliphatic heterocycles. The number of aliphatic hydroxyl groups is 1. The van der Waals surface area contributed by atoms with Crippen LogP contribution >= 0.6 is 0 Å². The van der Waals surface area contributed by atoms with E-state index in [0.29, 0.717) is 25.7 Å². The summed E-state index contributed by atoms with van der Waals surface area (Å²) in [6, 6.07) is 0.544. The van der Waals surface area contributed by atoms with Crippen molar-refractivity contribution in [2.75, 3.05) is 52.4 Å². The molecule has 0 aromatic carbocycles. The Hall–Kier alpha value is -0.240. The van der Waals surface area contributed by atoms with Gasteiger partial charge in [0.15, 0.2) is 0 Å². The van der Waals surface area contributed by atoms with Gasteiger partial charge in [-0.1, -0.05) is 13.8 Å². The molecule has 0 aromatic heterocycles. The smallest absolute Gasteiger partial charge is 0.0664 e. The lowest BCUT2D eigenvalue weighted by Crippen LogP contribution is -2.42. The highest BCUT2D eigenvalue weighted by Gasteiger charge is 2.16. The first-order chi connectivity index (χ1) is 10.6. The van der Waals surface area contributed by atoms with Gasteiger partial charge in [0, 0.05) is 51.9 Å². The quantitative estimate of drug-likeness (QED) is 0.333. The SMILES string of the molecule is CCC(O)CN(CCN)CCCC(CC)N(CCN)CCN. The fraction of sp³-hybridized carbons (Fsp3) is 1.00. The number of aliphatic hydroxyl groups excluding tert-OH is 1. The maximum atomic E-state index is 9.82. The molecule has 0 aliphatic carbocycles. The van der Waals surface area contributed by atoms with Crippen molar-refractivity contribution >= 4 is 0 Å². The molecule has 2 unspecified atom stereocenters. The Bertz CT molecular complexity index is 237. The lowest BCUT2D eigenvalue weighted by molar-refractivity contribution is 0.106. The molecule has 0 rings (SSSR count). The van der Waals surface area contributed by atoms with Gasteiger partial charge in [-0.3, -0.25) is 9.80 Å². The summed E-state index contributed by atoms with van der Waals surface area (Å²) in [5, 5.41) is 9.82. The van der Waals surface area contributed by atoms with Crippen molar-refractivity contribution in [3.05, 3.63) is 0 Å². The second-order valence-electron chi connectivity index (χ2n) is 5.97. The first kappa shape index (κ1) is 21.8. The van der Waals surface area contributed by atoms with Crippen LogP contribution in [0.4, 0.5) is 0 Å². The van der Waals surface area contributed by atoms with Gasteiger partial charge in [-0.25, -0.2) is 0 Å². The molecule has 0 spiro atoms. The minimum Gasteiger partial charge on any atom is -0.392 e. The van der Waals surface area contributed by atoms with E-state index in [1.165, 1.54) is 0 Å². The van der Waals surface area contributed by atoms with Crippen molar-refractivity contribution < 1.29 is 5.11 Å². The van der Waals surface area contributed by atoms with Crippen molar-refractivity contribution in [1.29, 1.82) is 0 Å². The molecular formula is C16H39N5O. The van der Waals surface area contributed by atoms with Crippen LogP contribution < -0.4 is 17.2 Å². The van der Waals surface area contributed by atoms with Crippen molar-refractivity contribution in [3.8, 4) is 0 Å². The van der Waals surface area contributed by atoms with Crippen LogP contribution in [-0.4, -0.2) is 79.4 Å². The minimum atomic E-state index is -0.250. The molecule has 0 fully saturated rings. The van der Waals surface area contributed by atoms with Gasteiger partial charge < -0.3 is 22.3 Å². The summed E-state index contributed by atoms with van der Waals surface area (Å²) in [6.45, 7) is 10.6. The maximum Gasteiger partial charge on any atom is 0.0664 e. The molecule has 6 heteroatoms. The van der Waals surface area contributed by atoms with E-state index in [0.717, 1.165) is 58.4 Å². The van der Waals surface area contributed by atoms with Gasteiger partial charge in [-0.15, -0.1) is 0 Å². The predicted molar refractivity (Wildman–Crippen MR) is 94.8 cm³/mol. The zero-order chi connectivity index (χ0) is 16.8. The highest BCUT2D eigenvalue weighted by molar-refractivity contribution is 4.73. The molecule has 6 nitrogen and oxygen atoms in total. The van der Waals surface area contributed by atoms with Crippen LogP contribution in [0.3, 0.4) is 0 Å². The first-order valence-electron chi connectivity index (χ1n) is 8.87. The molecule has 0 saturated carbocycles. The Morgan fingerprint density at radius 3 is 1.91 bits per heavy atom. The van der Waals surface area contributed by atoms with Gasteiger partial charge in [0.2, 0.25) is 0 Å². The van der Waals surface area contributed by atoms with E-state index in [1.807, 2.05) is 6.92 Å². The fourth-order valence-electron chi connectivity index (χ4n) is 2.91. The second-order valence-corrected chi connectivity index (χ2v) is 5.97. The third-order valence-corrected chi connectivity index (χ3v) is 4.22. The van der Waals surface area contributed by atoms with Crippen LogP contribution in [0.25, 0.3) is 0 Å². The molecule has 7 N–H and O–H groups in total. The van der Waals surface area contributed by atoms with Crippen LogP contribution in [0.5, 0.6) is 0 Å². The van der Waals surface area contributed by atoms with Gasteiger partial charge in [0.25, 0.3) is 0 Å². The molecule has 0 aliphatic rings. The molecule has 0 amide bonds. The Labute approximate surface area is 137 Å². The van der Waals surface area contributed by atoms with E-state index in [1.54, 1.807) is 0 Å². The summed E-state index contributed by atoms with van der Waals surface area (Å²) >= 11 is 0.